The van der Waals surface area contributed by atoms with Crippen LogP contribution in [0.3, 0.4) is 0 Å². The van der Waals surface area contributed by atoms with E-state index in [4.69, 9.17) is 4.74 Å². The summed E-state index contributed by atoms with van der Waals surface area (Å²) < 4.78 is 19.5. The molecule has 0 saturated carbocycles. The molecular weight excluding hydrogens is 241 g/mol. The van der Waals surface area contributed by atoms with Crippen molar-refractivity contribution in [2.24, 2.45) is 0 Å². The summed E-state index contributed by atoms with van der Waals surface area (Å²) in [7, 11) is 0. The lowest BCUT2D eigenvalue weighted by atomic mass is 10.1. The van der Waals surface area contributed by atoms with Crippen LogP contribution >= 0.6 is 0 Å². The molecule has 0 aliphatic rings. The van der Waals surface area contributed by atoms with Gasteiger partial charge >= 0.3 is 0 Å². The Hall–Kier alpha value is -0.930. The summed E-state index contributed by atoms with van der Waals surface area (Å²) in [6, 6.07) is 5.25. The summed E-state index contributed by atoms with van der Waals surface area (Å²) in [4.78, 5) is 0. The van der Waals surface area contributed by atoms with Crippen molar-refractivity contribution in [3.05, 3.63) is 35.1 Å². The maximum atomic E-state index is 13.7. The van der Waals surface area contributed by atoms with Crippen molar-refractivity contribution in [2.45, 2.75) is 59.3 Å². The first-order valence-corrected chi connectivity index (χ1v) is 7.10. The van der Waals surface area contributed by atoms with Crippen molar-refractivity contribution in [2.75, 3.05) is 6.54 Å². The largest absolute Gasteiger partial charge is 0.371 e. The lowest BCUT2D eigenvalue weighted by Crippen LogP contribution is -2.23. The second-order valence-electron chi connectivity index (χ2n) is 5.50. The van der Waals surface area contributed by atoms with E-state index in [0.29, 0.717) is 12.2 Å². The van der Waals surface area contributed by atoms with Crippen LogP contribution in [0, 0.1) is 5.82 Å². The van der Waals surface area contributed by atoms with E-state index >= 15 is 0 Å². The number of rotatable bonds is 8. The zero-order chi connectivity index (χ0) is 14.3. The monoisotopic (exact) mass is 267 g/mol. The van der Waals surface area contributed by atoms with Crippen LogP contribution in [-0.2, 0) is 17.9 Å². The van der Waals surface area contributed by atoms with E-state index in [-0.39, 0.29) is 11.4 Å². The van der Waals surface area contributed by atoms with Crippen LogP contribution in [0.15, 0.2) is 18.2 Å². The number of ether oxygens (including phenoxy) is 1. The molecule has 0 aliphatic carbocycles. The first kappa shape index (κ1) is 16.1. The molecule has 1 rings (SSSR count). The molecule has 0 bridgehead atoms. The summed E-state index contributed by atoms with van der Waals surface area (Å²) in [6.45, 7) is 10.3. The zero-order valence-electron chi connectivity index (χ0n) is 12.6. The Morgan fingerprint density at radius 3 is 2.63 bits per heavy atom. The van der Waals surface area contributed by atoms with Crippen LogP contribution in [0.1, 0.15) is 51.7 Å². The first-order chi connectivity index (χ1) is 8.98. The Bertz CT molecular complexity index is 390. The third kappa shape index (κ3) is 5.70. The van der Waals surface area contributed by atoms with Gasteiger partial charge < -0.3 is 10.1 Å². The van der Waals surface area contributed by atoms with Gasteiger partial charge in [-0.25, -0.2) is 4.39 Å². The molecule has 0 saturated heterocycles. The fourth-order valence-electron chi connectivity index (χ4n) is 1.63. The molecule has 0 spiro atoms. The Labute approximate surface area is 116 Å². The Morgan fingerprint density at radius 1 is 1.26 bits per heavy atom. The molecule has 0 aliphatic heterocycles. The minimum Gasteiger partial charge on any atom is -0.371 e. The fraction of sp³-hybridized carbons (Fsp3) is 0.625. The van der Waals surface area contributed by atoms with Crippen molar-refractivity contribution in [3.8, 4) is 0 Å². The molecular formula is C16H26FNO. The summed E-state index contributed by atoms with van der Waals surface area (Å²) in [5.41, 5.74) is 1.53. The van der Waals surface area contributed by atoms with Crippen molar-refractivity contribution < 1.29 is 9.13 Å². The van der Waals surface area contributed by atoms with Gasteiger partial charge in [0.15, 0.2) is 0 Å². The third-order valence-electron chi connectivity index (χ3n) is 3.34. The predicted octanol–water partition coefficient (Wildman–Crippen LogP) is 4.03. The van der Waals surface area contributed by atoms with E-state index in [1.807, 2.05) is 26.0 Å². The average molecular weight is 267 g/mol. The van der Waals surface area contributed by atoms with Crippen LogP contribution in [-0.4, -0.2) is 12.1 Å². The van der Waals surface area contributed by atoms with Crippen LogP contribution in [0.5, 0.6) is 0 Å². The molecule has 1 aromatic rings. The van der Waals surface area contributed by atoms with Gasteiger partial charge in [-0.15, -0.1) is 0 Å². The number of hydrogen-bond donors (Lipinski definition) is 1. The maximum absolute atomic E-state index is 13.7. The quantitative estimate of drug-likeness (QED) is 0.718. The van der Waals surface area contributed by atoms with Gasteiger partial charge in [0.05, 0.1) is 12.2 Å². The highest BCUT2D eigenvalue weighted by atomic mass is 19.1. The molecule has 0 atom stereocenters. The van der Waals surface area contributed by atoms with Gasteiger partial charge in [-0.05, 0) is 50.9 Å². The van der Waals surface area contributed by atoms with Gasteiger partial charge in [-0.1, -0.05) is 19.9 Å². The second kappa shape index (κ2) is 7.61. The molecule has 0 fully saturated rings. The lowest BCUT2D eigenvalue weighted by Gasteiger charge is -2.23. The van der Waals surface area contributed by atoms with Gasteiger partial charge in [0.2, 0.25) is 0 Å². The van der Waals surface area contributed by atoms with Crippen LogP contribution < -0.4 is 5.32 Å². The molecule has 0 unspecified atom stereocenters. The number of halogens is 1. The summed E-state index contributed by atoms with van der Waals surface area (Å²) in [5.74, 6) is -0.189. The van der Waals surface area contributed by atoms with Crippen molar-refractivity contribution >= 4 is 0 Å². The van der Waals surface area contributed by atoms with Crippen LogP contribution in [0.25, 0.3) is 0 Å². The molecule has 2 nitrogen and oxygen atoms in total. The summed E-state index contributed by atoms with van der Waals surface area (Å²) in [5, 5.41) is 3.32. The molecule has 108 valence electrons. The zero-order valence-corrected chi connectivity index (χ0v) is 12.6. The van der Waals surface area contributed by atoms with Crippen LogP contribution in [0.4, 0.5) is 4.39 Å². The summed E-state index contributed by atoms with van der Waals surface area (Å²) in [6.07, 6.45) is 2.01. The first-order valence-electron chi connectivity index (χ1n) is 7.10. The Balaban J connectivity index is 2.63. The number of hydrogen-bond acceptors (Lipinski definition) is 2. The van der Waals surface area contributed by atoms with E-state index in [0.717, 1.165) is 31.5 Å². The highest BCUT2D eigenvalue weighted by Gasteiger charge is 2.16. The molecule has 0 aromatic heterocycles. The van der Waals surface area contributed by atoms with E-state index in [9.17, 15) is 4.39 Å². The van der Waals surface area contributed by atoms with E-state index in [1.165, 1.54) is 6.07 Å². The second-order valence-corrected chi connectivity index (χ2v) is 5.50. The van der Waals surface area contributed by atoms with Gasteiger partial charge in [0, 0.05) is 12.1 Å². The number of nitrogens with one attached hydrogen (secondary N) is 1. The van der Waals surface area contributed by atoms with Crippen molar-refractivity contribution in [3.63, 3.8) is 0 Å². The van der Waals surface area contributed by atoms with Gasteiger partial charge in [0.25, 0.3) is 0 Å². The van der Waals surface area contributed by atoms with Gasteiger partial charge in [-0.3, -0.25) is 0 Å². The van der Waals surface area contributed by atoms with E-state index < -0.39 is 0 Å². The molecule has 0 heterocycles. The highest BCUT2D eigenvalue weighted by molar-refractivity contribution is 5.24. The van der Waals surface area contributed by atoms with Gasteiger partial charge in [-0.2, -0.15) is 0 Å². The minimum atomic E-state index is -0.205. The Morgan fingerprint density at radius 2 is 2.00 bits per heavy atom. The molecule has 1 N–H and O–H groups in total. The third-order valence-corrected chi connectivity index (χ3v) is 3.34. The maximum Gasteiger partial charge on any atom is 0.128 e. The lowest BCUT2D eigenvalue weighted by molar-refractivity contribution is -0.0326. The number of benzene rings is 1. The smallest absolute Gasteiger partial charge is 0.128 e. The standard InChI is InChI=1S/C16H26FNO/c1-5-9-18-11-13-7-8-15(17)14(10-13)12-19-16(3,4)6-2/h7-8,10,18H,5-6,9,11-12H2,1-4H3. The topological polar surface area (TPSA) is 21.3 Å². The molecule has 19 heavy (non-hydrogen) atoms. The molecule has 0 amide bonds. The van der Waals surface area contributed by atoms with Crippen molar-refractivity contribution in [1.29, 1.82) is 0 Å². The minimum absolute atomic E-state index is 0.189. The predicted molar refractivity (Wildman–Crippen MR) is 77.6 cm³/mol. The SMILES string of the molecule is CCCNCc1ccc(F)c(COC(C)(C)CC)c1. The summed E-state index contributed by atoms with van der Waals surface area (Å²) >= 11 is 0. The normalized spacial score (nSPS) is 11.8. The highest BCUT2D eigenvalue weighted by Crippen LogP contribution is 2.19. The van der Waals surface area contributed by atoms with Crippen LogP contribution in [0.2, 0.25) is 0 Å². The fourth-order valence-corrected chi connectivity index (χ4v) is 1.63. The van der Waals surface area contributed by atoms with Gasteiger partial charge in [0.1, 0.15) is 5.82 Å². The average Bonchev–Trinajstić information content (AvgIpc) is 2.39. The van der Waals surface area contributed by atoms with E-state index in [1.54, 1.807) is 0 Å². The molecule has 3 heteroatoms. The van der Waals surface area contributed by atoms with Crippen molar-refractivity contribution in [1.82, 2.24) is 5.32 Å². The van der Waals surface area contributed by atoms with E-state index in [2.05, 4.69) is 19.2 Å². The molecule has 0 radical (unpaired) electrons. The molecule has 1 aromatic carbocycles. The Kier molecular flexibility index (Phi) is 6.46.